The first-order valence-corrected chi connectivity index (χ1v) is 14.5. The molecule has 1 saturated heterocycles. The zero-order valence-electron chi connectivity index (χ0n) is 22.7. The van der Waals surface area contributed by atoms with Gasteiger partial charge in [-0.15, -0.1) is 11.3 Å². The summed E-state index contributed by atoms with van der Waals surface area (Å²) in [4.78, 5) is 21.2. The predicted octanol–water partition coefficient (Wildman–Crippen LogP) is 1.82. The van der Waals surface area contributed by atoms with Crippen molar-refractivity contribution in [2.24, 2.45) is 0 Å². The van der Waals surface area contributed by atoms with Crippen molar-refractivity contribution in [1.29, 1.82) is 5.41 Å². The van der Waals surface area contributed by atoms with Crippen LogP contribution in [0.3, 0.4) is 0 Å². The number of nitrogens with zero attached hydrogens (tertiary/aromatic N) is 4. The molecule has 5 rings (SSSR count). The van der Waals surface area contributed by atoms with Crippen molar-refractivity contribution in [3.8, 4) is 11.4 Å². The Morgan fingerprint density at radius 3 is 2.60 bits per heavy atom. The molecule has 230 valence electrons. The van der Waals surface area contributed by atoms with Crippen molar-refractivity contribution in [2.75, 3.05) is 11.9 Å². The molecule has 3 aromatic heterocycles. The number of thiazole rings is 1. The summed E-state index contributed by atoms with van der Waals surface area (Å²) < 4.78 is 35.7. The smallest absolute Gasteiger partial charge is 0.275 e. The summed E-state index contributed by atoms with van der Waals surface area (Å²) in [7, 11) is 0. The van der Waals surface area contributed by atoms with Gasteiger partial charge in [-0.2, -0.15) is 9.49 Å². The van der Waals surface area contributed by atoms with E-state index in [1.54, 1.807) is 10.9 Å². The van der Waals surface area contributed by atoms with Crippen LogP contribution < -0.4 is 10.6 Å². The second-order valence-corrected chi connectivity index (χ2v) is 11.1. The second kappa shape index (κ2) is 13.3. The third-order valence-electron chi connectivity index (χ3n) is 7.40. The minimum Gasteiger partial charge on any atom is -0.394 e. The number of carbonyl (C=O) groups excluding carboxylic acids is 1. The molecule has 0 spiro atoms. The Balaban J connectivity index is 1.36. The number of ether oxygens (including phenoxy) is 1. The molecular weight excluding hydrogens is 588 g/mol. The lowest BCUT2D eigenvalue weighted by molar-refractivity contribution is -0.233. The monoisotopic (exact) mass is 619 g/mol. The summed E-state index contributed by atoms with van der Waals surface area (Å²) in [5.41, 5.74) is -0.0518. The maximum Gasteiger partial charge on any atom is 0.275 e. The fourth-order valence-corrected chi connectivity index (χ4v) is 5.84. The van der Waals surface area contributed by atoms with Gasteiger partial charge in [0.1, 0.15) is 46.5 Å². The van der Waals surface area contributed by atoms with Gasteiger partial charge in [0.25, 0.3) is 5.91 Å². The molecule has 1 aliphatic heterocycles. The van der Waals surface area contributed by atoms with Crippen LogP contribution in [0.4, 0.5) is 14.5 Å². The van der Waals surface area contributed by atoms with E-state index in [2.05, 4.69) is 25.7 Å². The first-order chi connectivity index (χ1) is 20.7. The molecule has 16 heteroatoms. The zero-order chi connectivity index (χ0) is 30.7. The molecule has 2 fully saturated rings. The van der Waals surface area contributed by atoms with E-state index in [1.807, 2.05) is 0 Å². The van der Waals surface area contributed by atoms with Crippen molar-refractivity contribution in [1.82, 2.24) is 25.1 Å². The third kappa shape index (κ3) is 6.63. The number of anilines is 1. The number of aromatic nitrogens is 4. The topological polar surface area (TPSA) is 199 Å². The maximum atomic E-state index is 14.7. The van der Waals surface area contributed by atoms with Gasteiger partial charge < -0.3 is 41.2 Å². The number of rotatable bonds is 9. The first-order valence-electron chi connectivity index (χ1n) is 13.7. The van der Waals surface area contributed by atoms with Crippen LogP contribution in [0, 0.1) is 17.2 Å². The van der Waals surface area contributed by atoms with Crippen LogP contribution in [0.2, 0.25) is 0 Å². The quantitative estimate of drug-likeness (QED) is 0.137. The average molecular weight is 620 g/mol. The van der Waals surface area contributed by atoms with Crippen molar-refractivity contribution in [2.45, 2.75) is 68.8 Å². The second-order valence-electron chi connectivity index (χ2n) is 10.3. The summed E-state index contributed by atoms with van der Waals surface area (Å²) in [6, 6.07) is 1.88. The minimum atomic E-state index is -1.58. The molecule has 5 atom stereocenters. The normalized spacial score (nSPS) is 25.0. The minimum absolute atomic E-state index is 0.0184. The Hall–Kier alpha value is -3.67. The highest BCUT2D eigenvalue weighted by molar-refractivity contribution is 7.11. The molecule has 4 heterocycles. The van der Waals surface area contributed by atoms with E-state index in [9.17, 15) is 34.0 Å². The lowest BCUT2D eigenvalue weighted by Gasteiger charge is -2.40. The van der Waals surface area contributed by atoms with Crippen LogP contribution in [-0.2, 0) is 4.74 Å². The average Bonchev–Trinajstić information content (AvgIpc) is 3.67. The molecule has 1 saturated carbocycles. The molecule has 13 nitrogen and oxygen atoms in total. The van der Waals surface area contributed by atoms with Crippen molar-refractivity contribution < 1.29 is 38.7 Å². The van der Waals surface area contributed by atoms with Crippen LogP contribution in [-0.4, -0.2) is 89.5 Å². The van der Waals surface area contributed by atoms with E-state index < -0.39 is 54.9 Å². The number of carbonyl (C=O) groups is 1. The molecule has 0 radical (unpaired) electrons. The number of hydrogen-bond acceptors (Lipinski definition) is 12. The molecule has 7 N–H and O–H groups in total. The molecule has 2 aliphatic rings. The highest BCUT2D eigenvalue weighted by atomic mass is 32.1. The summed E-state index contributed by atoms with van der Waals surface area (Å²) in [6.45, 7) is -0.599. The van der Waals surface area contributed by atoms with Crippen molar-refractivity contribution >= 4 is 34.7 Å². The SMILES string of the molecule is N=C/C(=C\NC1OC(CO)C(O)C(O)C1O)c1nc(C(=O)Nc2cn(C3CCCCC3)nc2-c2nc(F)ccc2F)cs1. The van der Waals surface area contributed by atoms with E-state index in [4.69, 9.17) is 10.1 Å². The highest BCUT2D eigenvalue weighted by Gasteiger charge is 2.43. The van der Waals surface area contributed by atoms with Crippen LogP contribution in [0.5, 0.6) is 0 Å². The zero-order valence-corrected chi connectivity index (χ0v) is 23.5. The largest absolute Gasteiger partial charge is 0.394 e. The van der Waals surface area contributed by atoms with Gasteiger partial charge >= 0.3 is 0 Å². The van der Waals surface area contributed by atoms with E-state index in [1.165, 1.54) is 11.6 Å². The van der Waals surface area contributed by atoms with Gasteiger partial charge in [-0.1, -0.05) is 19.3 Å². The van der Waals surface area contributed by atoms with Crippen molar-refractivity contribution in [3.63, 3.8) is 0 Å². The molecule has 0 aromatic carbocycles. The van der Waals surface area contributed by atoms with E-state index in [0.29, 0.717) is 0 Å². The number of allylic oxidation sites excluding steroid dienone is 1. The summed E-state index contributed by atoms with van der Waals surface area (Å²) in [5, 5.41) is 58.9. The number of nitrogens with one attached hydrogen (secondary N) is 3. The van der Waals surface area contributed by atoms with Gasteiger partial charge in [-0.05, 0) is 25.0 Å². The fraction of sp³-hybridized carbons (Fsp3) is 0.444. The van der Waals surface area contributed by atoms with Crippen molar-refractivity contribution in [3.05, 3.63) is 52.4 Å². The summed E-state index contributed by atoms with van der Waals surface area (Å²) in [5.74, 6) is -2.35. The summed E-state index contributed by atoms with van der Waals surface area (Å²) in [6.07, 6.45) is 1.65. The molecule has 3 aromatic rings. The number of halogens is 2. The number of aliphatic hydroxyl groups is 4. The highest BCUT2D eigenvalue weighted by Crippen LogP contribution is 2.33. The van der Waals surface area contributed by atoms with Crippen LogP contribution in [0.25, 0.3) is 17.0 Å². The molecular formula is C27H31F2N7O6S. The number of hydrogen-bond donors (Lipinski definition) is 7. The fourth-order valence-electron chi connectivity index (χ4n) is 5.05. The Morgan fingerprint density at radius 1 is 1.12 bits per heavy atom. The van der Waals surface area contributed by atoms with E-state index in [0.717, 1.165) is 61.8 Å². The Bertz CT molecular complexity index is 1490. The van der Waals surface area contributed by atoms with Gasteiger partial charge in [-0.3, -0.25) is 9.48 Å². The van der Waals surface area contributed by atoms with Crippen LogP contribution in [0.1, 0.15) is 53.6 Å². The predicted molar refractivity (Wildman–Crippen MR) is 151 cm³/mol. The standard InChI is InChI=1S/C27H31F2N7O6S/c28-15-6-7-19(29)34-20(15)21-16(10-36(35-21)14-4-2-1-3-5-14)32-25(41)17-12-43-27(33-17)13(8-30)9-31-26-24(40)23(39)22(38)18(11-37)42-26/h6-10,12,14,18,22-24,26,30-31,37-40H,1-5,11H2,(H,32,41)/b13-9+,30-8?. The molecule has 43 heavy (non-hydrogen) atoms. The summed E-state index contributed by atoms with van der Waals surface area (Å²) >= 11 is 1.04. The first kappa shape index (κ1) is 30.8. The molecule has 0 bridgehead atoms. The maximum absolute atomic E-state index is 14.7. The third-order valence-corrected chi connectivity index (χ3v) is 8.29. The van der Waals surface area contributed by atoms with Gasteiger partial charge in [-0.25, -0.2) is 14.4 Å². The lowest BCUT2D eigenvalue weighted by Crippen LogP contribution is -2.61. The van der Waals surface area contributed by atoms with E-state index >= 15 is 0 Å². The Morgan fingerprint density at radius 2 is 1.88 bits per heavy atom. The molecule has 5 unspecified atom stereocenters. The van der Waals surface area contributed by atoms with Gasteiger partial charge in [0, 0.05) is 29.6 Å². The number of amides is 1. The van der Waals surface area contributed by atoms with Crippen LogP contribution in [0.15, 0.2) is 29.9 Å². The van der Waals surface area contributed by atoms with Crippen LogP contribution >= 0.6 is 11.3 Å². The number of pyridine rings is 1. The Kier molecular flexibility index (Phi) is 9.53. The molecule has 1 amide bonds. The van der Waals surface area contributed by atoms with Gasteiger partial charge in [0.2, 0.25) is 5.95 Å². The Labute approximate surface area is 248 Å². The molecule has 1 aliphatic carbocycles. The number of aliphatic hydroxyl groups excluding tert-OH is 4. The van der Waals surface area contributed by atoms with Gasteiger partial charge in [0.15, 0.2) is 12.0 Å². The van der Waals surface area contributed by atoms with Gasteiger partial charge in [0.05, 0.1) is 18.3 Å². The van der Waals surface area contributed by atoms with E-state index in [-0.39, 0.29) is 39.4 Å². The lowest BCUT2D eigenvalue weighted by atomic mass is 9.96.